The Morgan fingerprint density at radius 2 is 2.50 bits per heavy atom. The van der Waals surface area contributed by atoms with E-state index in [1.54, 1.807) is 0 Å². The third-order valence-electron chi connectivity index (χ3n) is 2.28. The van der Waals surface area contributed by atoms with E-state index in [9.17, 15) is 5.11 Å². The topological polar surface area (TPSA) is 29.5 Å². The van der Waals surface area contributed by atoms with Crippen LogP contribution in [0.4, 0.5) is 0 Å². The molecule has 1 aliphatic carbocycles. The molecule has 2 heteroatoms. The van der Waals surface area contributed by atoms with Gasteiger partial charge in [-0.15, -0.1) is 0 Å². The van der Waals surface area contributed by atoms with E-state index in [1.807, 2.05) is 6.92 Å². The number of hydrogen-bond acceptors (Lipinski definition) is 2. The average Bonchev–Trinajstić information content (AvgIpc) is 2.09. The van der Waals surface area contributed by atoms with Crippen molar-refractivity contribution < 1.29 is 9.84 Å². The van der Waals surface area contributed by atoms with Crippen molar-refractivity contribution in [3.8, 4) is 12.5 Å². The minimum Gasteiger partial charge on any atom is -0.440 e. The monoisotopic (exact) mass is 166 g/mol. The molecule has 0 radical (unpaired) electrons. The number of hydrogen-bond donors (Lipinski definition) is 1. The van der Waals surface area contributed by atoms with Gasteiger partial charge in [-0.1, -0.05) is 18.1 Å². The second kappa shape index (κ2) is 4.18. The predicted octanol–water partition coefficient (Wildman–Crippen LogP) is 1.45. The van der Waals surface area contributed by atoms with Crippen molar-refractivity contribution in [2.75, 3.05) is 0 Å². The molecule has 0 amide bonds. The molecule has 1 saturated carbocycles. The van der Waals surface area contributed by atoms with E-state index < -0.39 is 6.10 Å². The van der Waals surface area contributed by atoms with Crippen molar-refractivity contribution in [2.45, 2.75) is 38.4 Å². The largest absolute Gasteiger partial charge is 0.440 e. The molecular formula is C10H14O2. The lowest BCUT2D eigenvalue weighted by Crippen LogP contribution is -2.31. The summed E-state index contributed by atoms with van der Waals surface area (Å²) < 4.78 is 4.96. The maximum Gasteiger partial charge on any atom is 0.140 e. The summed E-state index contributed by atoms with van der Waals surface area (Å²) in [5.41, 5.74) is 1.32. The van der Waals surface area contributed by atoms with Crippen molar-refractivity contribution in [3.05, 3.63) is 11.6 Å². The van der Waals surface area contributed by atoms with Crippen LogP contribution in [0.1, 0.15) is 26.2 Å². The molecule has 0 aromatic rings. The van der Waals surface area contributed by atoms with E-state index in [0.717, 1.165) is 19.3 Å². The Labute approximate surface area is 73.2 Å². The fourth-order valence-electron chi connectivity index (χ4n) is 1.49. The first-order valence-electron chi connectivity index (χ1n) is 4.21. The third kappa shape index (κ3) is 2.02. The summed E-state index contributed by atoms with van der Waals surface area (Å²) in [5.74, 6) is 0. The molecule has 1 fully saturated rings. The molecule has 1 N–H and O–H groups in total. The van der Waals surface area contributed by atoms with Crippen LogP contribution in [0, 0.1) is 12.5 Å². The first-order valence-corrected chi connectivity index (χ1v) is 4.21. The van der Waals surface area contributed by atoms with E-state index >= 15 is 0 Å². The maximum absolute atomic E-state index is 9.47. The quantitative estimate of drug-likeness (QED) is 0.472. The number of rotatable bonds is 1. The molecule has 2 nitrogen and oxygen atoms in total. The van der Waals surface area contributed by atoms with Gasteiger partial charge in [0.15, 0.2) is 0 Å². The van der Waals surface area contributed by atoms with Gasteiger partial charge in [-0.05, 0) is 19.8 Å². The highest BCUT2D eigenvalue weighted by atomic mass is 16.5. The lowest BCUT2D eigenvalue weighted by molar-refractivity contribution is 0.00366. The van der Waals surface area contributed by atoms with Crippen LogP contribution in [-0.2, 0) is 4.74 Å². The Hall–Kier alpha value is -0.940. The van der Waals surface area contributed by atoms with E-state index in [0.29, 0.717) is 0 Å². The van der Waals surface area contributed by atoms with Gasteiger partial charge < -0.3 is 9.84 Å². The minimum atomic E-state index is -0.398. The molecule has 0 bridgehead atoms. The second-order valence-electron chi connectivity index (χ2n) is 3.03. The first-order chi connectivity index (χ1) is 5.77. The van der Waals surface area contributed by atoms with Gasteiger partial charge in [-0.3, -0.25) is 0 Å². The Kier molecular flexibility index (Phi) is 3.19. The zero-order chi connectivity index (χ0) is 8.97. The summed E-state index contributed by atoms with van der Waals surface area (Å²) in [6.45, 7) is 2.00. The standard InChI is InChI=1S/C10H14O2/c1-3-8-5-6-9(11)10(7-8)12-4-2/h2-3,9-11H,5-7H2,1H3/b8-3-. The summed E-state index contributed by atoms with van der Waals surface area (Å²) in [7, 11) is 0. The van der Waals surface area contributed by atoms with E-state index in [1.165, 1.54) is 5.57 Å². The lowest BCUT2D eigenvalue weighted by Gasteiger charge is -2.27. The Morgan fingerprint density at radius 1 is 1.75 bits per heavy atom. The number of ether oxygens (including phenoxy) is 1. The number of terminal acetylenes is 1. The molecule has 0 spiro atoms. The highest BCUT2D eigenvalue weighted by molar-refractivity contribution is 5.07. The highest BCUT2D eigenvalue weighted by Crippen LogP contribution is 2.25. The van der Waals surface area contributed by atoms with Crippen LogP contribution in [-0.4, -0.2) is 17.3 Å². The summed E-state index contributed by atoms with van der Waals surface area (Å²) in [6, 6.07) is 0. The van der Waals surface area contributed by atoms with Gasteiger partial charge in [0.1, 0.15) is 12.2 Å². The minimum absolute atomic E-state index is 0.199. The summed E-state index contributed by atoms with van der Waals surface area (Å²) in [6.07, 6.45) is 11.1. The van der Waals surface area contributed by atoms with Crippen LogP contribution < -0.4 is 0 Å². The lowest BCUT2D eigenvalue weighted by atomic mass is 9.90. The van der Waals surface area contributed by atoms with E-state index in [2.05, 4.69) is 12.2 Å². The molecule has 0 aliphatic heterocycles. The normalized spacial score (nSPS) is 32.9. The zero-order valence-electron chi connectivity index (χ0n) is 7.29. The smallest absolute Gasteiger partial charge is 0.140 e. The van der Waals surface area contributed by atoms with Crippen molar-refractivity contribution in [2.24, 2.45) is 0 Å². The van der Waals surface area contributed by atoms with Crippen LogP contribution in [0.3, 0.4) is 0 Å². The van der Waals surface area contributed by atoms with Crippen molar-refractivity contribution in [1.82, 2.24) is 0 Å². The maximum atomic E-state index is 9.47. The molecule has 0 saturated heterocycles. The van der Waals surface area contributed by atoms with Crippen molar-refractivity contribution >= 4 is 0 Å². The summed E-state index contributed by atoms with van der Waals surface area (Å²) in [4.78, 5) is 0. The van der Waals surface area contributed by atoms with E-state index in [-0.39, 0.29) is 6.10 Å². The van der Waals surface area contributed by atoms with Crippen LogP contribution in [0.15, 0.2) is 11.6 Å². The van der Waals surface area contributed by atoms with Gasteiger partial charge in [0.25, 0.3) is 0 Å². The number of aliphatic hydroxyl groups excluding tert-OH is 1. The summed E-state index contributed by atoms with van der Waals surface area (Å²) in [5, 5.41) is 9.47. The Balaban J connectivity index is 2.54. The van der Waals surface area contributed by atoms with Crippen molar-refractivity contribution in [1.29, 1.82) is 0 Å². The third-order valence-corrected chi connectivity index (χ3v) is 2.28. The number of allylic oxidation sites excluding steroid dienone is 1. The Bertz CT molecular complexity index is 212. The van der Waals surface area contributed by atoms with Crippen LogP contribution in [0.2, 0.25) is 0 Å². The zero-order valence-corrected chi connectivity index (χ0v) is 7.29. The molecule has 2 atom stereocenters. The molecule has 0 aromatic carbocycles. The van der Waals surface area contributed by atoms with Crippen LogP contribution in [0.25, 0.3) is 0 Å². The summed E-state index contributed by atoms with van der Waals surface area (Å²) >= 11 is 0. The first kappa shape index (κ1) is 9.15. The molecule has 66 valence electrons. The fraction of sp³-hybridized carbons (Fsp3) is 0.600. The molecule has 0 aromatic heterocycles. The van der Waals surface area contributed by atoms with E-state index in [4.69, 9.17) is 11.2 Å². The fourth-order valence-corrected chi connectivity index (χ4v) is 1.49. The molecule has 1 rings (SSSR count). The predicted molar refractivity (Wildman–Crippen MR) is 47.3 cm³/mol. The van der Waals surface area contributed by atoms with Crippen LogP contribution >= 0.6 is 0 Å². The molecule has 1 aliphatic rings. The van der Waals surface area contributed by atoms with Gasteiger partial charge >= 0.3 is 0 Å². The molecular weight excluding hydrogens is 152 g/mol. The van der Waals surface area contributed by atoms with Gasteiger partial charge in [0, 0.05) is 6.42 Å². The SMILES string of the molecule is C#COC1C/C(=C\C)CCC1O. The average molecular weight is 166 g/mol. The Morgan fingerprint density at radius 3 is 3.08 bits per heavy atom. The highest BCUT2D eigenvalue weighted by Gasteiger charge is 2.26. The van der Waals surface area contributed by atoms with Gasteiger partial charge in [0.2, 0.25) is 0 Å². The van der Waals surface area contributed by atoms with Crippen molar-refractivity contribution in [3.63, 3.8) is 0 Å². The molecule has 0 heterocycles. The molecule has 12 heavy (non-hydrogen) atoms. The van der Waals surface area contributed by atoms with Gasteiger partial charge in [-0.25, -0.2) is 0 Å². The molecule has 2 unspecified atom stereocenters. The second-order valence-corrected chi connectivity index (χ2v) is 3.03. The van der Waals surface area contributed by atoms with Gasteiger partial charge in [0.05, 0.1) is 6.10 Å². The number of aliphatic hydroxyl groups is 1. The van der Waals surface area contributed by atoms with Gasteiger partial charge in [-0.2, -0.15) is 0 Å². The van der Waals surface area contributed by atoms with Crippen LogP contribution in [0.5, 0.6) is 0 Å².